The summed E-state index contributed by atoms with van der Waals surface area (Å²) in [5.74, 6) is 0.516. The molecule has 0 amide bonds. The van der Waals surface area contributed by atoms with Crippen LogP contribution in [0.5, 0.6) is 5.88 Å². The summed E-state index contributed by atoms with van der Waals surface area (Å²) >= 11 is 0. The first kappa shape index (κ1) is 12.8. The molecule has 0 aliphatic carbocycles. The van der Waals surface area contributed by atoms with Crippen LogP contribution in [0.1, 0.15) is 24.2 Å². The molecule has 2 heterocycles. The summed E-state index contributed by atoms with van der Waals surface area (Å²) in [4.78, 5) is 17.3. The van der Waals surface area contributed by atoms with Crippen molar-refractivity contribution < 1.29 is 14.3 Å². The van der Waals surface area contributed by atoms with Crippen molar-refractivity contribution in [1.29, 1.82) is 0 Å². The minimum Gasteiger partial charge on any atom is -0.481 e. The zero-order valence-corrected chi connectivity index (χ0v) is 10.9. The van der Waals surface area contributed by atoms with Gasteiger partial charge in [-0.2, -0.15) is 0 Å². The highest BCUT2D eigenvalue weighted by molar-refractivity contribution is 5.84. The lowest BCUT2D eigenvalue weighted by molar-refractivity contribution is -0.00527. The number of carbonyl (C=O) groups is 1. The highest BCUT2D eigenvalue weighted by atomic mass is 16.5. The van der Waals surface area contributed by atoms with Gasteiger partial charge in [0.1, 0.15) is 0 Å². The number of aromatic nitrogens is 1. The maximum atomic E-state index is 11.1. The first-order valence-corrected chi connectivity index (χ1v) is 6.03. The van der Waals surface area contributed by atoms with E-state index in [1.165, 1.54) is 0 Å². The van der Waals surface area contributed by atoms with Crippen molar-refractivity contribution in [2.75, 3.05) is 25.1 Å². The smallest absolute Gasteiger partial charge is 0.215 e. The summed E-state index contributed by atoms with van der Waals surface area (Å²) in [5.41, 5.74) is 1.44. The minimum atomic E-state index is 0.146. The number of aldehydes is 1. The predicted octanol–water partition coefficient (Wildman–Crippen LogP) is 1.52. The average Bonchev–Trinajstić information content (AvgIpc) is 2.36. The first-order chi connectivity index (χ1) is 8.63. The molecule has 2 rings (SSSR count). The number of anilines is 1. The summed E-state index contributed by atoms with van der Waals surface area (Å²) in [7, 11) is 1.57. The highest BCUT2D eigenvalue weighted by Gasteiger charge is 2.24. The van der Waals surface area contributed by atoms with Gasteiger partial charge in [0.05, 0.1) is 30.6 Å². The number of methoxy groups -OCH3 is 1. The summed E-state index contributed by atoms with van der Waals surface area (Å²) in [6, 6.07) is 1.80. The molecule has 0 bridgehead atoms. The number of carbonyl (C=O) groups excluding carboxylic acids is 1. The van der Waals surface area contributed by atoms with Crippen LogP contribution >= 0.6 is 0 Å². The Morgan fingerprint density at radius 1 is 1.44 bits per heavy atom. The van der Waals surface area contributed by atoms with Crippen LogP contribution in [0.15, 0.2) is 12.3 Å². The van der Waals surface area contributed by atoms with Crippen LogP contribution in [0.3, 0.4) is 0 Å². The van der Waals surface area contributed by atoms with E-state index in [0.29, 0.717) is 11.4 Å². The number of rotatable bonds is 3. The Balaban J connectivity index is 2.32. The lowest BCUT2D eigenvalue weighted by atomic mass is 10.1. The molecule has 2 unspecified atom stereocenters. The summed E-state index contributed by atoms with van der Waals surface area (Å²) in [6.07, 6.45) is 2.67. The minimum absolute atomic E-state index is 0.146. The lowest BCUT2D eigenvalue weighted by Crippen LogP contribution is -2.45. The molecule has 2 atom stereocenters. The van der Waals surface area contributed by atoms with Gasteiger partial charge < -0.3 is 14.4 Å². The fraction of sp³-hybridized carbons (Fsp3) is 0.538. The fourth-order valence-corrected chi connectivity index (χ4v) is 2.29. The zero-order valence-electron chi connectivity index (χ0n) is 10.9. The Bertz CT molecular complexity index is 426. The first-order valence-electron chi connectivity index (χ1n) is 6.03. The van der Waals surface area contributed by atoms with Crippen LogP contribution in [-0.2, 0) is 4.74 Å². The Kier molecular flexibility index (Phi) is 3.81. The normalized spacial score (nSPS) is 23.8. The topological polar surface area (TPSA) is 51.7 Å². The second-order valence-electron chi connectivity index (χ2n) is 4.57. The molecule has 1 fully saturated rings. The van der Waals surface area contributed by atoms with Crippen LogP contribution in [-0.4, -0.2) is 43.7 Å². The van der Waals surface area contributed by atoms with E-state index in [1.54, 1.807) is 19.4 Å². The summed E-state index contributed by atoms with van der Waals surface area (Å²) < 4.78 is 10.8. The van der Waals surface area contributed by atoms with Crippen molar-refractivity contribution in [3.63, 3.8) is 0 Å². The second-order valence-corrected chi connectivity index (χ2v) is 4.57. The Morgan fingerprint density at radius 2 is 2.11 bits per heavy atom. The molecule has 1 aromatic rings. The van der Waals surface area contributed by atoms with Crippen LogP contribution in [0.4, 0.5) is 5.69 Å². The van der Waals surface area contributed by atoms with E-state index in [0.717, 1.165) is 25.1 Å². The molecule has 5 nitrogen and oxygen atoms in total. The quantitative estimate of drug-likeness (QED) is 0.761. The van der Waals surface area contributed by atoms with Crippen molar-refractivity contribution in [3.05, 3.63) is 17.8 Å². The third-order valence-electron chi connectivity index (χ3n) is 2.98. The number of pyridine rings is 1. The molecule has 0 N–H and O–H groups in total. The van der Waals surface area contributed by atoms with E-state index in [-0.39, 0.29) is 12.2 Å². The summed E-state index contributed by atoms with van der Waals surface area (Å²) in [6.45, 7) is 5.58. The lowest BCUT2D eigenvalue weighted by Gasteiger charge is -2.37. The van der Waals surface area contributed by atoms with Gasteiger partial charge in [0, 0.05) is 25.4 Å². The van der Waals surface area contributed by atoms with E-state index in [2.05, 4.69) is 9.88 Å². The van der Waals surface area contributed by atoms with Gasteiger partial charge in [-0.25, -0.2) is 4.98 Å². The molecular formula is C13H18N2O3. The van der Waals surface area contributed by atoms with E-state index >= 15 is 0 Å². The van der Waals surface area contributed by atoms with Gasteiger partial charge in [0.15, 0.2) is 6.29 Å². The monoisotopic (exact) mass is 250 g/mol. The largest absolute Gasteiger partial charge is 0.481 e. The maximum Gasteiger partial charge on any atom is 0.215 e. The number of hydrogen-bond donors (Lipinski definition) is 0. The summed E-state index contributed by atoms with van der Waals surface area (Å²) in [5, 5.41) is 0. The molecule has 1 aromatic heterocycles. The molecule has 18 heavy (non-hydrogen) atoms. The number of nitrogens with zero attached hydrogens (tertiary/aromatic N) is 2. The van der Waals surface area contributed by atoms with Crippen LogP contribution < -0.4 is 9.64 Å². The Hall–Kier alpha value is -1.62. The van der Waals surface area contributed by atoms with Gasteiger partial charge in [0.25, 0.3) is 0 Å². The third-order valence-corrected chi connectivity index (χ3v) is 2.98. The molecule has 1 aliphatic heterocycles. The highest BCUT2D eigenvalue weighted by Crippen LogP contribution is 2.26. The average molecular weight is 250 g/mol. The number of hydrogen-bond acceptors (Lipinski definition) is 5. The van der Waals surface area contributed by atoms with E-state index in [4.69, 9.17) is 9.47 Å². The third kappa shape index (κ3) is 2.61. The Morgan fingerprint density at radius 3 is 2.67 bits per heavy atom. The van der Waals surface area contributed by atoms with Crippen LogP contribution in [0.25, 0.3) is 0 Å². The zero-order chi connectivity index (χ0) is 13.1. The van der Waals surface area contributed by atoms with Gasteiger partial charge in [-0.05, 0) is 13.8 Å². The van der Waals surface area contributed by atoms with E-state index in [9.17, 15) is 4.79 Å². The molecule has 1 saturated heterocycles. The van der Waals surface area contributed by atoms with Crippen molar-refractivity contribution in [1.82, 2.24) is 4.98 Å². The van der Waals surface area contributed by atoms with Crippen molar-refractivity contribution >= 4 is 12.0 Å². The predicted molar refractivity (Wildman–Crippen MR) is 68.4 cm³/mol. The van der Waals surface area contributed by atoms with Crippen molar-refractivity contribution in [3.8, 4) is 5.88 Å². The molecule has 0 radical (unpaired) electrons. The van der Waals surface area contributed by atoms with Gasteiger partial charge in [-0.1, -0.05) is 0 Å². The maximum absolute atomic E-state index is 11.1. The second kappa shape index (κ2) is 5.35. The van der Waals surface area contributed by atoms with Gasteiger partial charge in [-0.3, -0.25) is 4.79 Å². The van der Waals surface area contributed by atoms with Crippen LogP contribution in [0.2, 0.25) is 0 Å². The van der Waals surface area contributed by atoms with Gasteiger partial charge in [-0.15, -0.1) is 0 Å². The number of ether oxygens (including phenoxy) is 2. The molecular weight excluding hydrogens is 232 g/mol. The molecule has 98 valence electrons. The standard InChI is InChI=1S/C13H18N2O3/c1-9-6-15(7-10(2)18-9)12-4-13(17-3)14-5-11(12)8-16/h4-5,8-10H,6-7H2,1-3H3. The number of morpholine rings is 1. The molecule has 0 aromatic carbocycles. The molecule has 0 saturated carbocycles. The van der Waals surface area contributed by atoms with E-state index in [1.807, 2.05) is 13.8 Å². The molecule has 0 spiro atoms. The van der Waals surface area contributed by atoms with E-state index < -0.39 is 0 Å². The fourth-order valence-electron chi connectivity index (χ4n) is 2.29. The van der Waals surface area contributed by atoms with Gasteiger partial charge >= 0.3 is 0 Å². The molecule has 5 heteroatoms. The van der Waals surface area contributed by atoms with Crippen LogP contribution in [0, 0.1) is 0 Å². The van der Waals surface area contributed by atoms with Gasteiger partial charge in [0.2, 0.25) is 5.88 Å². The van der Waals surface area contributed by atoms with Crippen molar-refractivity contribution in [2.24, 2.45) is 0 Å². The van der Waals surface area contributed by atoms with Crippen molar-refractivity contribution in [2.45, 2.75) is 26.1 Å². The Labute approximate surface area is 107 Å². The molecule has 1 aliphatic rings. The SMILES string of the molecule is COc1cc(N2CC(C)OC(C)C2)c(C=O)cn1.